The van der Waals surface area contributed by atoms with Crippen LogP contribution in [0.25, 0.3) is 11.1 Å². The third-order valence-electron chi connectivity index (χ3n) is 10.8. The second kappa shape index (κ2) is 16.4. The summed E-state index contributed by atoms with van der Waals surface area (Å²) in [5.74, 6) is 2.44. The zero-order valence-corrected chi connectivity index (χ0v) is 30.0. The van der Waals surface area contributed by atoms with Crippen molar-refractivity contribution in [2.45, 2.75) is 96.3 Å². The van der Waals surface area contributed by atoms with Gasteiger partial charge in [-0.05, 0) is 119 Å². The fourth-order valence-electron chi connectivity index (χ4n) is 7.68. The SMILES string of the molecule is COc1ccc(C2CCC(CN(C(=O)C3CCC(OC(=O)N4CC(OCCO)C4)CC3)c3cc(-c4cnn(C(C)C)c4)ccn3)CC2)cc1C. The minimum absolute atomic E-state index is 0.0305. The molecule has 3 aliphatic rings. The van der Waals surface area contributed by atoms with Gasteiger partial charge < -0.3 is 24.2 Å². The van der Waals surface area contributed by atoms with E-state index in [0.717, 1.165) is 48.1 Å². The molecule has 2 aliphatic carbocycles. The van der Waals surface area contributed by atoms with Gasteiger partial charge in [-0.25, -0.2) is 9.78 Å². The molecule has 0 radical (unpaired) electrons. The third kappa shape index (κ3) is 8.49. The monoisotopic (exact) mass is 687 g/mol. The number of nitrogens with zero attached hydrogens (tertiary/aromatic N) is 5. The highest BCUT2D eigenvalue weighted by molar-refractivity contribution is 5.94. The first kappa shape index (κ1) is 35.9. The van der Waals surface area contributed by atoms with Gasteiger partial charge in [-0.15, -0.1) is 0 Å². The number of aryl methyl sites for hydroxylation is 1. The summed E-state index contributed by atoms with van der Waals surface area (Å²) in [6.07, 6.45) is 12.1. The summed E-state index contributed by atoms with van der Waals surface area (Å²) in [4.78, 5) is 35.5. The standard InChI is InChI=1S/C39H53N5O6/c1-26(2)44-23-33(21-41-44)32-15-16-40-37(20-32)43(22-28-5-7-29(8-6-28)31-11-14-36(48-4)27(3)19-31)38(46)30-9-12-34(13-10-30)50-39(47)42-24-35(25-42)49-18-17-45/h11,14-16,19-21,23,26,28-30,34-35,45H,5-10,12-13,17-18,22,24-25H2,1-4H3. The van der Waals surface area contributed by atoms with Gasteiger partial charge in [0.25, 0.3) is 0 Å². The second-order valence-corrected chi connectivity index (χ2v) is 14.6. The van der Waals surface area contributed by atoms with Crippen LogP contribution >= 0.6 is 0 Å². The van der Waals surface area contributed by atoms with Crippen LogP contribution in [0.5, 0.6) is 5.75 Å². The Bertz CT molecular complexity index is 1590. The number of hydrogen-bond acceptors (Lipinski definition) is 8. The Morgan fingerprint density at radius 3 is 2.40 bits per heavy atom. The second-order valence-electron chi connectivity index (χ2n) is 14.6. The number of rotatable bonds is 12. The maximum Gasteiger partial charge on any atom is 0.410 e. The van der Waals surface area contributed by atoms with E-state index >= 15 is 0 Å². The molecule has 50 heavy (non-hydrogen) atoms. The normalized spacial score (nSPS) is 22.6. The molecule has 3 heterocycles. The van der Waals surface area contributed by atoms with Gasteiger partial charge in [0.1, 0.15) is 17.7 Å². The molecule has 2 saturated carbocycles. The van der Waals surface area contributed by atoms with E-state index in [9.17, 15) is 9.59 Å². The molecule has 1 aromatic carbocycles. The van der Waals surface area contributed by atoms with Crippen molar-refractivity contribution in [3.05, 3.63) is 60.0 Å². The van der Waals surface area contributed by atoms with E-state index in [-0.39, 0.29) is 49.4 Å². The lowest BCUT2D eigenvalue weighted by molar-refractivity contribution is -0.124. The number of aliphatic hydroxyl groups is 1. The molecular weight excluding hydrogens is 634 g/mol. The molecule has 3 fully saturated rings. The lowest BCUT2D eigenvalue weighted by Crippen LogP contribution is -2.55. The lowest BCUT2D eigenvalue weighted by Gasteiger charge is -2.39. The van der Waals surface area contributed by atoms with Crippen LogP contribution in [0.15, 0.2) is 48.9 Å². The number of likely N-dealkylation sites (tertiary alicyclic amines) is 1. The van der Waals surface area contributed by atoms with E-state index in [1.807, 2.05) is 34.1 Å². The minimum Gasteiger partial charge on any atom is -0.496 e. The van der Waals surface area contributed by atoms with E-state index in [2.05, 4.69) is 44.1 Å². The van der Waals surface area contributed by atoms with Crippen molar-refractivity contribution >= 4 is 17.8 Å². The van der Waals surface area contributed by atoms with Crippen molar-refractivity contribution in [2.24, 2.45) is 11.8 Å². The van der Waals surface area contributed by atoms with Crippen LogP contribution in [0.2, 0.25) is 0 Å². The first-order valence-corrected chi connectivity index (χ1v) is 18.4. The summed E-state index contributed by atoms with van der Waals surface area (Å²) in [7, 11) is 1.71. The number of aromatic nitrogens is 3. The third-order valence-corrected chi connectivity index (χ3v) is 10.8. The number of methoxy groups -OCH3 is 1. The van der Waals surface area contributed by atoms with E-state index in [1.165, 1.54) is 5.56 Å². The molecule has 3 aromatic rings. The largest absolute Gasteiger partial charge is 0.496 e. The van der Waals surface area contributed by atoms with Gasteiger partial charge in [-0.1, -0.05) is 12.1 Å². The Morgan fingerprint density at radius 2 is 1.74 bits per heavy atom. The Labute approximate surface area is 295 Å². The molecule has 0 bridgehead atoms. The number of anilines is 1. The summed E-state index contributed by atoms with van der Waals surface area (Å²) >= 11 is 0. The molecule has 1 saturated heterocycles. The average molecular weight is 688 g/mol. The van der Waals surface area contributed by atoms with Crippen molar-refractivity contribution in [1.29, 1.82) is 0 Å². The number of aliphatic hydroxyl groups excluding tert-OH is 1. The summed E-state index contributed by atoms with van der Waals surface area (Å²) in [5.41, 5.74) is 4.52. The molecular formula is C39H53N5O6. The quantitative estimate of drug-likeness (QED) is 0.228. The molecule has 1 aliphatic heterocycles. The van der Waals surface area contributed by atoms with Crippen LogP contribution in [-0.4, -0.2) is 88.9 Å². The predicted molar refractivity (Wildman–Crippen MR) is 191 cm³/mol. The minimum atomic E-state index is -0.326. The maximum atomic E-state index is 14.4. The highest BCUT2D eigenvalue weighted by Crippen LogP contribution is 2.39. The highest BCUT2D eigenvalue weighted by Gasteiger charge is 2.37. The Kier molecular flexibility index (Phi) is 11.7. The van der Waals surface area contributed by atoms with Crippen LogP contribution in [0.3, 0.4) is 0 Å². The molecule has 0 unspecified atom stereocenters. The van der Waals surface area contributed by atoms with Crippen molar-refractivity contribution in [1.82, 2.24) is 19.7 Å². The van der Waals surface area contributed by atoms with Gasteiger partial charge in [0.2, 0.25) is 5.91 Å². The van der Waals surface area contributed by atoms with Crippen molar-refractivity contribution in [3.8, 4) is 16.9 Å². The Balaban J connectivity index is 1.11. The number of carbonyl (C=O) groups is 2. The van der Waals surface area contributed by atoms with Crippen LogP contribution in [0.4, 0.5) is 10.6 Å². The number of amides is 2. The maximum absolute atomic E-state index is 14.4. The highest BCUT2D eigenvalue weighted by atomic mass is 16.6. The van der Waals surface area contributed by atoms with E-state index in [4.69, 9.17) is 24.3 Å². The number of ether oxygens (including phenoxy) is 3. The molecule has 1 N–H and O–H groups in total. The molecule has 0 atom stereocenters. The van der Waals surface area contributed by atoms with Crippen LogP contribution in [0.1, 0.15) is 88.3 Å². The van der Waals surface area contributed by atoms with E-state index in [0.29, 0.717) is 63.0 Å². The van der Waals surface area contributed by atoms with E-state index < -0.39 is 0 Å². The Hall–Kier alpha value is -3.96. The van der Waals surface area contributed by atoms with Gasteiger partial charge in [0, 0.05) is 36.5 Å². The first-order valence-electron chi connectivity index (χ1n) is 18.4. The summed E-state index contributed by atoms with van der Waals surface area (Å²) in [5, 5.41) is 13.5. The fraction of sp³-hybridized carbons (Fsp3) is 0.590. The van der Waals surface area contributed by atoms with Gasteiger partial charge in [0.05, 0.1) is 45.7 Å². The molecule has 6 rings (SSSR count). The molecule has 0 spiro atoms. The molecule has 2 aromatic heterocycles. The number of pyridine rings is 1. The van der Waals surface area contributed by atoms with Crippen LogP contribution < -0.4 is 9.64 Å². The molecule has 2 amide bonds. The molecule has 270 valence electrons. The van der Waals surface area contributed by atoms with Gasteiger partial charge >= 0.3 is 6.09 Å². The molecule has 11 nitrogen and oxygen atoms in total. The lowest BCUT2D eigenvalue weighted by atomic mass is 9.78. The average Bonchev–Trinajstić information content (AvgIpc) is 3.62. The van der Waals surface area contributed by atoms with Crippen molar-refractivity contribution < 1.29 is 28.9 Å². The smallest absolute Gasteiger partial charge is 0.410 e. The van der Waals surface area contributed by atoms with Gasteiger partial charge in [-0.3, -0.25) is 14.4 Å². The summed E-state index contributed by atoms with van der Waals surface area (Å²) in [6, 6.07) is 10.8. The predicted octanol–water partition coefficient (Wildman–Crippen LogP) is 6.54. The molecule has 11 heteroatoms. The topological polar surface area (TPSA) is 119 Å². The van der Waals surface area contributed by atoms with Gasteiger partial charge in [-0.2, -0.15) is 5.10 Å². The summed E-state index contributed by atoms with van der Waals surface area (Å²) < 4.78 is 18.7. The van der Waals surface area contributed by atoms with Crippen molar-refractivity contribution in [3.63, 3.8) is 0 Å². The van der Waals surface area contributed by atoms with E-state index in [1.54, 1.807) is 18.2 Å². The fourth-order valence-corrected chi connectivity index (χ4v) is 7.68. The zero-order chi connectivity index (χ0) is 35.2. The number of carbonyl (C=O) groups excluding carboxylic acids is 2. The zero-order valence-electron chi connectivity index (χ0n) is 30.0. The number of benzene rings is 1. The first-order chi connectivity index (χ1) is 24.2. The number of hydrogen-bond donors (Lipinski definition) is 1. The van der Waals surface area contributed by atoms with Crippen molar-refractivity contribution in [2.75, 3.05) is 44.9 Å². The Morgan fingerprint density at radius 1 is 0.980 bits per heavy atom. The van der Waals surface area contributed by atoms with Crippen LogP contribution in [-0.2, 0) is 14.3 Å². The van der Waals surface area contributed by atoms with Gasteiger partial charge in [0.15, 0.2) is 0 Å². The van der Waals surface area contributed by atoms with Crippen LogP contribution in [0, 0.1) is 18.8 Å². The summed E-state index contributed by atoms with van der Waals surface area (Å²) in [6.45, 7) is 8.14.